The van der Waals surface area contributed by atoms with Crippen LogP contribution >= 0.6 is 0 Å². The van der Waals surface area contributed by atoms with Gasteiger partial charge in [0.2, 0.25) is 0 Å². The Morgan fingerprint density at radius 1 is 1.35 bits per heavy atom. The highest BCUT2D eigenvalue weighted by atomic mass is 16.3. The maximum absolute atomic E-state index is 9.91. The van der Waals surface area contributed by atoms with Gasteiger partial charge in [0, 0.05) is 11.8 Å². The van der Waals surface area contributed by atoms with Crippen LogP contribution in [0.25, 0.3) is 5.69 Å². The molecule has 1 aromatic heterocycles. The number of rotatable bonds is 5. The molecule has 1 heterocycles. The zero-order chi connectivity index (χ0) is 12.1. The maximum atomic E-state index is 9.91. The SMILES string of the molecule is C=CCCC(O)c1cnn(-c2ccccc2)c1. The summed E-state index contributed by atoms with van der Waals surface area (Å²) in [6.07, 6.45) is 6.40. The van der Waals surface area contributed by atoms with E-state index in [-0.39, 0.29) is 0 Å². The number of hydrogen-bond acceptors (Lipinski definition) is 2. The van der Waals surface area contributed by atoms with Crippen molar-refractivity contribution in [1.29, 1.82) is 0 Å². The molecule has 0 fully saturated rings. The largest absolute Gasteiger partial charge is 0.388 e. The molecule has 0 radical (unpaired) electrons. The third-order valence-corrected chi connectivity index (χ3v) is 2.65. The van der Waals surface area contributed by atoms with Crippen LogP contribution in [-0.4, -0.2) is 14.9 Å². The van der Waals surface area contributed by atoms with Crippen molar-refractivity contribution in [2.75, 3.05) is 0 Å². The lowest BCUT2D eigenvalue weighted by atomic mass is 10.1. The molecule has 1 N–H and O–H groups in total. The van der Waals surface area contributed by atoms with E-state index in [4.69, 9.17) is 0 Å². The summed E-state index contributed by atoms with van der Waals surface area (Å²) in [6.45, 7) is 3.65. The highest BCUT2D eigenvalue weighted by Gasteiger charge is 2.09. The van der Waals surface area contributed by atoms with Gasteiger partial charge in [-0.2, -0.15) is 5.10 Å². The van der Waals surface area contributed by atoms with Crippen molar-refractivity contribution < 1.29 is 5.11 Å². The van der Waals surface area contributed by atoms with Gasteiger partial charge < -0.3 is 5.11 Å². The number of aliphatic hydroxyl groups excluding tert-OH is 1. The summed E-state index contributed by atoms with van der Waals surface area (Å²) in [5.41, 5.74) is 1.84. The average molecular weight is 228 g/mol. The fourth-order valence-electron chi connectivity index (χ4n) is 1.67. The van der Waals surface area contributed by atoms with E-state index in [1.807, 2.05) is 42.6 Å². The molecule has 1 atom stereocenters. The summed E-state index contributed by atoms with van der Waals surface area (Å²) in [4.78, 5) is 0. The molecule has 0 aliphatic carbocycles. The van der Waals surface area contributed by atoms with Crippen molar-refractivity contribution in [3.8, 4) is 5.69 Å². The van der Waals surface area contributed by atoms with Crippen LogP contribution < -0.4 is 0 Å². The molecule has 0 bridgehead atoms. The third-order valence-electron chi connectivity index (χ3n) is 2.65. The maximum Gasteiger partial charge on any atom is 0.0823 e. The first-order chi connectivity index (χ1) is 8.31. The van der Waals surface area contributed by atoms with Crippen molar-refractivity contribution in [1.82, 2.24) is 9.78 Å². The minimum absolute atomic E-state index is 0.467. The predicted octanol–water partition coefficient (Wildman–Crippen LogP) is 2.87. The molecule has 1 unspecified atom stereocenters. The topological polar surface area (TPSA) is 38.1 Å². The molecule has 3 heteroatoms. The van der Waals surface area contributed by atoms with Gasteiger partial charge in [-0.05, 0) is 25.0 Å². The first-order valence-electron chi connectivity index (χ1n) is 5.70. The van der Waals surface area contributed by atoms with E-state index in [0.717, 1.165) is 17.7 Å². The lowest BCUT2D eigenvalue weighted by Gasteiger charge is -2.05. The fourth-order valence-corrected chi connectivity index (χ4v) is 1.67. The van der Waals surface area contributed by atoms with Crippen LogP contribution in [0.1, 0.15) is 24.5 Å². The highest BCUT2D eigenvalue weighted by Crippen LogP contribution is 2.19. The first-order valence-corrected chi connectivity index (χ1v) is 5.70. The van der Waals surface area contributed by atoms with E-state index in [2.05, 4.69) is 11.7 Å². The van der Waals surface area contributed by atoms with Crippen molar-refractivity contribution in [2.45, 2.75) is 18.9 Å². The zero-order valence-electron chi connectivity index (χ0n) is 9.66. The number of aromatic nitrogens is 2. The quantitative estimate of drug-likeness (QED) is 0.799. The number of para-hydroxylation sites is 1. The van der Waals surface area contributed by atoms with Gasteiger partial charge in [-0.15, -0.1) is 6.58 Å². The van der Waals surface area contributed by atoms with Gasteiger partial charge in [-0.3, -0.25) is 0 Å². The number of allylic oxidation sites excluding steroid dienone is 1. The second kappa shape index (κ2) is 5.46. The summed E-state index contributed by atoms with van der Waals surface area (Å²) in [6, 6.07) is 9.85. The molecule has 0 saturated carbocycles. The monoisotopic (exact) mass is 228 g/mol. The van der Waals surface area contributed by atoms with Crippen molar-refractivity contribution in [3.05, 3.63) is 60.9 Å². The predicted molar refractivity (Wildman–Crippen MR) is 68.0 cm³/mol. The molecule has 0 spiro atoms. The van der Waals surface area contributed by atoms with E-state index in [9.17, 15) is 5.11 Å². The van der Waals surface area contributed by atoms with Crippen LogP contribution in [0.2, 0.25) is 0 Å². The Labute approximate surface area is 101 Å². The summed E-state index contributed by atoms with van der Waals surface area (Å²) in [5.74, 6) is 0. The number of hydrogen-bond donors (Lipinski definition) is 1. The second-order valence-electron chi connectivity index (χ2n) is 3.94. The van der Waals surface area contributed by atoms with Gasteiger partial charge in [0.05, 0.1) is 18.0 Å². The van der Waals surface area contributed by atoms with Crippen molar-refractivity contribution >= 4 is 0 Å². The van der Waals surface area contributed by atoms with Crippen LogP contribution in [0.15, 0.2) is 55.4 Å². The number of benzene rings is 1. The lowest BCUT2D eigenvalue weighted by Crippen LogP contribution is -1.96. The van der Waals surface area contributed by atoms with Gasteiger partial charge in [0.15, 0.2) is 0 Å². The molecule has 0 amide bonds. The van der Waals surface area contributed by atoms with E-state index in [1.165, 1.54) is 0 Å². The normalized spacial score (nSPS) is 12.3. The minimum atomic E-state index is -0.467. The molecule has 0 aliphatic heterocycles. The van der Waals surface area contributed by atoms with Crippen molar-refractivity contribution in [3.63, 3.8) is 0 Å². The molecule has 88 valence electrons. The van der Waals surface area contributed by atoms with E-state index >= 15 is 0 Å². The number of nitrogens with zero attached hydrogens (tertiary/aromatic N) is 2. The van der Waals surface area contributed by atoms with Crippen LogP contribution in [-0.2, 0) is 0 Å². The molecular weight excluding hydrogens is 212 g/mol. The van der Waals surface area contributed by atoms with Gasteiger partial charge in [0.25, 0.3) is 0 Å². The van der Waals surface area contributed by atoms with Gasteiger partial charge in [-0.1, -0.05) is 24.3 Å². The fraction of sp³-hybridized carbons (Fsp3) is 0.214. The standard InChI is InChI=1S/C14H16N2O/c1-2-3-9-14(17)12-10-15-16(11-12)13-7-5-4-6-8-13/h2,4-8,10-11,14,17H,1,3,9H2. The molecular formula is C14H16N2O. The third kappa shape index (κ3) is 2.82. The Kier molecular flexibility index (Phi) is 3.73. The molecule has 0 aliphatic rings. The summed E-state index contributed by atoms with van der Waals surface area (Å²) in [7, 11) is 0. The van der Waals surface area contributed by atoms with Gasteiger partial charge >= 0.3 is 0 Å². The molecule has 0 saturated heterocycles. The smallest absolute Gasteiger partial charge is 0.0823 e. The molecule has 2 aromatic rings. The van der Waals surface area contributed by atoms with E-state index < -0.39 is 6.10 Å². The Bertz CT molecular complexity index is 476. The Balaban J connectivity index is 2.13. The van der Waals surface area contributed by atoms with Crippen LogP contribution in [0.5, 0.6) is 0 Å². The summed E-state index contributed by atoms with van der Waals surface area (Å²) >= 11 is 0. The first kappa shape index (κ1) is 11.6. The Morgan fingerprint density at radius 3 is 2.82 bits per heavy atom. The van der Waals surface area contributed by atoms with Gasteiger partial charge in [-0.25, -0.2) is 4.68 Å². The number of aliphatic hydroxyl groups is 1. The molecule has 2 rings (SSSR count). The zero-order valence-corrected chi connectivity index (χ0v) is 9.66. The Hall–Kier alpha value is -1.87. The molecule has 1 aromatic carbocycles. The van der Waals surface area contributed by atoms with E-state index in [1.54, 1.807) is 10.9 Å². The summed E-state index contributed by atoms with van der Waals surface area (Å²) < 4.78 is 1.77. The van der Waals surface area contributed by atoms with E-state index in [0.29, 0.717) is 6.42 Å². The van der Waals surface area contributed by atoms with Crippen LogP contribution in [0.4, 0.5) is 0 Å². The van der Waals surface area contributed by atoms with Gasteiger partial charge in [0.1, 0.15) is 0 Å². The molecule has 17 heavy (non-hydrogen) atoms. The second-order valence-corrected chi connectivity index (χ2v) is 3.94. The summed E-state index contributed by atoms with van der Waals surface area (Å²) in [5, 5.41) is 14.2. The molecule has 3 nitrogen and oxygen atoms in total. The Morgan fingerprint density at radius 2 is 2.12 bits per heavy atom. The van der Waals surface area contributed by atoms with Crippen LogP contribution in [0, 0.1) is 0 Å². The minimum Gasteiger partial charge on any atom is -0.388 e. The van der Waals surface area contributed by atoms with Crippen LogP contribution in [0.3, 0.4) is 0 Å². The average Bonchev–Trinajstić information content (AvgIpc) is 2.86. The lowest BCUT2D eigenvalue weighted by molar-refractivity contribution is 0.169. The highest BCUT2D eigenvalue weighted by molar-refractivity contribution is 5.31. The van der Waals surface area contributed by atoms with Crippen molar-refractivity contribution in [2.24, 2.45) is 0 Å².